The molecule has 0 unspecified atom stereocenters. The van der Waals surface area contributed by atoms with Crippen LogP contribution in [0.15, 0.2) is 47.4 Å². The van der Waals surface area contributed by atoms with Crippen LogP contribution < -0.4 is 19.5 Å². The van der Waals surface area contributed by atoms with Crippen LogP contribution in [-0.2, 0) is 27.8 Å². The minimum atomic E-state index is -3.75. The van der Waals surface area contributed by atoms with Crippen molar-refractivity contribution in [3.63, 3.8) is 0 Å². The summed E-state index contributed by atoms with van der Waals surface area (Å²) in [5.41, 5.74) is 1.44. The molecule has 0 amide bonds. The number of hydrogen-bond donors (Lipinski definition) is 3. The quantitative estimate of drug-likeness (QED) is 0.582. The lowest BCUT2D eigenvalue weighted by Gasteiger charge is -2.19. The second-order valence-corrected chi connectivity index (χ2v) is 9.33. The van der Waals surface area contributed by atoms with Crippen molar-refractivity contribution in [2.24, 2.45) is 11.8 Å². The first kappa shape index (κ1) is 20.6. The number of carboxylic acids is 1. The molecule has 0 aliphatic carbocycles. The van der Waals surface area contributed by atoms with Crippen LogP contribution in [0.5, 0.6) is 11.5 Å². The van der Waals surface area contributed by atoms with E-state index in [1.807, 2.05) is 0 Å². The standard InChI is InChI=1S/C21H24N2O6S/c24-21(25)18(16-6-7-22-12-16)9-14-2-1-3-17(8-14)30(26,27)23-11-15-4-5-19-20(10-15)29-13-28-19/h1-5,8,10,16,18,22-23H,6-7,9,11-13H2,(H,24,25)/t16-,18-/m0/s1. The predicted octanol–water partition coefficient (Wildman–Crippen LogP) is 1.75. The topological polar surface area (TPSA) is 114 Å². The molecule has 1 fully saturated rings. The Hall–Kier alpha value is -2.62. The van der Waals surface area contributed by atoms with Crippen LogP contribution in [0.4, 0.5) is 0 Å². The fourth-order valence-electron chi connectivity index (χ4n) is 3.88. The van der Waals surface area contributed by atoms with Crippen LogP contribution in [0.3, 0.4) is 0 Å². The Balaban J connectivity index is 1.45. The number of carbonyl (C=O) groups is 1. The lowest BCUT2D eigenvalue weighted by Crippen LogP contribution is -2.27. The van der Waals surface area contributed by atoms with Gasteiger partial charge in [-0.3, -0.25) is 4.79 Å². The number of carboxylic acid groups (broad SMARTS) is 1. The molecular weight excluding hydrogens is 408 g/mol. The van der Waals surface area contributed by atoms with Gasteiger partial charge >= 0.3 is 5.97 Å². The molecule has 0 aromatic heterocycles. The summed E-state index contributed by atoms with van der Waals surface area (Å²) in [6, 6.07) is 11.8. The second-order valence-electron chi connectivity index (χ2n) is 7.56. The van der Waals surface area contributed by atoms with Gasteiger partial charge < -0.3 is 19.9 Å². The second kappa shape index (κ2) is 8.63. The van der Waals surface area contributed by atoms with Crippen molar-refractivity contribution < 1.29 is 27.8 Å². The van der Waals surface area contributed by atoms with E-state index in [1.165, 1.54) is 6.07 Å². The van der Waals surface area contributed by atoms with E-state index < -0.39 is 21.9 Å². The molecular formula is C21H24N2O6S. The molecule has 8 nitrogen and oxygen atoms in total. The Morgan fingerprint density at radius 2 is 2.00 bits per heavy atom. The summed E-state index contributed by atoms with van der Waals surface area (Å²) in [4.78, 5) is 11.9. The van der Waals surface area contributed by atoms with Crippen molar-refractivity contribution in [2.45, 2.75) is 24.3 Å². The normalized spacial score (nSPS) is 19.0. The van der Waals surface area contributed by atoms with E-state index in [4.69, 9.17) is 9.47 Å². The number of nitrogens with one attached hydrogen (secondary N) is 2. The fourth-order valence-corrected chi connectivity index (χ4v) is 4.97. The molecule has 1 saturated heterocycles. The Labute approximate surface area is 175 Å². The average molecular weight is 432 g/mol. The Morgan fingerprint density at radius 3 is 2.77 bits per heavy atom. The average Bonchev–Trinajstić information content (AvgIpc) is 3.42. The molecule has 2 aromatic rings. The highest BCUT2D eigenvalue weighted by Gasteiger charge is 2.30. The van der Waals surface area contributed by atoms with Gasteiger partial charge in [0.15, 0.2) is 11.5 Å². The highest BCUT2D eigenvalue weighted by Crippen LogP contribution is 2.32. The smallest absolute Gasteiger partial charge is 0.307 e. The van der Waals surface area contributed by atoms with Gasteiger partial charge in [-0.05, 0) is 67.2 Å². The van der Waals surface area contributed by atoms with Crippen molar-refractivity contribution in [2.75, 3.05) is 19.9 Å². The number of ether oxygens (including phenoxy) is 2. The van der Waals surface area contributed by atoms with Crippen LogP contribution in [-0.4, -0.2) is 39.4 Å². The molecule has 30 heavy (non-hydrogen) atoms. The third kappa shape index (κ3) is 4.58. The van der Waals surface area contributed by atoms with Gasteiger partial charge in [0.05, 0.1) is 10.8 Å². The van der Waals surface area contributed by atoms with Crippen LogP contribution >= 0.6 is 0 Å². The number of hydrogen-bond acceptors (Lipinski definition) is 6. The predicted molar refractivity (Wildman–Crippen MR) is 109 cm³/mol. The highest BCUT2D eigenvalue weighted by molar-refractivity contribution is 7.89. The molecule has 0 bridgehead atoms. The summed E-state index contributed by atoms with van der Waals surface area (Å²) < 4.78 is 38.7. The van der Waals surface area contributed by atoms with Crippen molar-refractivity contribution in [3.8, 4) is 11.5 Å². The summed E-state index contributed by atoms with van der Waals surface area (Å²) in [5, 5.41) is 12.8. The van der Waals surface area contributed by atoms with Crippen molar-refractivity contribution in [1.29, 1.82) is 0 Å². The van der Waals surface area contributed by atoms with Crippen molar-refractivity contribution >= 4 is 16.0 Å². The first-order valence-corrected chi connectivity index (χ1v) is 11.3. The molecule has 2 aliphatic rings. The van der Waals surface area contributed by atoms with Crippen LogP contribution in [0.25, 0.3) is 0 Å². The first-order chi connectivity index (χ1) is 14.4. The van der Waals surface area contributed by atoms with E-state index in [9.17, 15) is 18.3 Å². The van der Waals surface area contributed by atoms with Gasteiger partial charge in [-0.15, -0.1) is 0 Å². The molecule has 0 spiro atoms. The van der Waals surface area contributed by atoms with Gasteiger partial charge in [0, 0.05) is 6.54 Å². The van der Waals surface area contributed by atoms with Crippen LogP contribution in [0.2, 0.25) is 0 Å². The zero-order valence-corrected chi connectivity index (χ0v) is 17.2. The van der Waals surface area contributed by atoms with Gasteiger partial charge in [0.2, 0.25) is 16.8 Å². The molecule has 2 aliphatic heterocycles. The summed E-state index contributed by atoms with van der Waals surface area (Å²) in [6.07, 6.45) is 1.11. The molecule has 3 N–H and O–H groups in total. The minimum absolute atomic E-state index is 0.0481. The van der Waals surface area contributed by atoms with E-state index in [0.29, 0.717) is 30.0 Å². The fraction of sp³-hybridized carbons (Fsp3) is 0.381. The van der Waals surface area contributed by atoms with E-state index in [-0.39, 0.29) is 24.2 Å². The van der Waals surface area contributed by atoms with E-state index >= 15 is 0 Å². The first-order valence-electron chi connectivity index (χ1n) is 9.83. The number of aliphatic carboxylic acids is 1. The largest absolute Gasteiger partial charge is 0.481 e. The lowest BCUT2D eigenvalue weighted by atomic mass is 9.86. The van der Waals surface area contributed by atoms with Crippen molar-refractivity contribution in [1.82, 2.24) is 10.0 Å². The van der Waals surface area contributed by atoms with E-state index in [1.54, 1.807) is 36.4 Å². The Bertz CT molecular complexity index is 1030. The molecule has 2 aromatic carbocycles. The van der Waals surface area contributed by atoms with Crippen LogP contribution in [0, 0.1) is 11.8 Å². The van der Waals surface area contributed by atoms with Crippen LogP contribution in [0.1, 0.15) is 17.5 Å². The Morgan fingerprint density at radius 1 is 1.17 bits per heavy atom. The zero-order chi connectivity index (χ0) is 21.1. The summed E-state index contributed by atoms with van der Waals surface area (Å²) >= 11 is 0. The maximum atomic E-state index is 12.8. The Kier molecular flexibility index (Phi) is 5.94. The molecule has 4 rings (SSSR count). The SMILES string of the molecule is O=C(O)[C@@H](Cc1cccc(S(=O)(=O)NCc2ccc3c(c2)OCO3)c1)[C@H]1CCNC1. The molecule has 2 atom stereocenters. The van der Waals surface area contributed by atoms with Gasteiger partial charge in [-0.25, -0.2) is 13.1 Å². The lowest BCUT2D eigenvalue weighted by molar-refractivity contribution is -0.143. The number of benzene rings is 2. The van der Waals surface area contributed by atoms with Crippen molar-refractivity contribution in [3.05, 3.63) is 53.6 Å². The summed E-state index contributed by atoms with van der Waals surface area (Å²) in [7, 11) is -3.75. The molecule has 2 heterocycles. The van der Waals surface area contributed by atoms with Gasteiger partial charge in [0.1, 0.15) is 0 Å². The maximum Gasteiger partial charge on any atom is 0.307 e. The number of rotatable bonds is 8. The number of fused-ring (bicyclic) bond motifs is 1. The molecule has 0 radical (unpaired) electrons. The molecule has 9 heteroatoms. The summed E-state index contributed by atoms with van der Waals surface area (Å²) in [6.45, 7) is 1.75. The third-order valence-electron chi connectivity index (χ3n) is 5.55. The van der Waals surface area contributed by atoms with Gasteiger partial charge in [-0.2, -0.15) is 0 Å². The van der Waals surface area contributed by atoms with Gasteiger partial charge in [-0.1, -0.05) is 18.2 Å². The third-order valence-corrected chi connectivity index (χ3v) is 6.95. The minimum Gasteiger partial charge on any atom is -0.481 e. The van der Waals surface area contributed by atoms with Gasteiger partial charge in [0.25, 0.3) is 0 Å². The zero-order valence-electron chi connectivity index (χ0n) is 16.3. The highest BCUT2D eigenvalue weighted by atomic mass is 32.2. The molecule has 160 valence electrons. The summed E-state index contributed by atoms with van der Waals surface area (Å²) in [5.74, 6) is -0.112. The maximum absolute atomic E-state index is 12.8. The van der Waals surface area contributed by atoms with E-state index in [0.717, 1.165) is 18.5 Å². The monoisotopic (exact) mass is 432 g/mol. The molecule has 0 saturated carbocycles. The van der Waals surface area contributed by atoms with E-state index in [2.05, 4.69) is 10.0 Å². The number of sulfonamides is 1.